The Morgan fingerprint density at radius 1 is 1.10 bits per heavy atom. The Morgan fingerprint density at radius 3 is 2.40 bits per heavy atom. The molecule has 0 aromatic rings. The van der Waals surface area contributed by atoms with Gasteiger partial charge in [0.2, 0.25) is 0 Å². The quantitative estimate of drug-likeness (QED) is 0.658. The second-order valence-electron chi connectivity index (χ2n) is 7.50. The monoisotopic (exact) mass is 284 g/mol. The van der Waals surface area contributed by atoms with Crippen molar-refractivity contribution in [1.29, 1.82) is 0 Å². The van der Waals surface area contributed by atoms with Gasteiger partial charge in [0.15, 0.2) is 0 Å². The summed E-state index contributed by atoms with van der Waals surface area (Å²) in [5, 5.41) is 3.42. The van der Waals surface area contributed by atoms with E-state index in [0.29, 0.717) is 5.41 Å². The predicted molar refractivity (Wildman–Crippen MR) is 87.2 cm³/mol. The fraction of sp³-hybridized carbons (Fsp3) is 1.00. The van der Waals surface area contributed by atoms with Gasteiger partial charge in [0.05, 0.1) is 0 Å². The van der Waals surface area contributed by atoms with Crippen LogP contribution in [0, 0.1) is 11.3 Å². The van der Waals surface area contributed by atoms with Crippen molar-refractivity contribution >= 4 is 0 Å². The van der Waals surface area contributed by atoms with Crippen LogP contribution < -0.4 is 5.32 Å². The van der Waals surface area contributed by atoms with Crippen LogP contribution in [0.15, 0.2) is 0 Å². The van der Waals surface area contributed by atoms with Gasteiger partial charge in [0.25, 0.3) is 0 Å². The lowest BCUT2D eigenvalue weighted by atomic mass is 9.81. The fourth-order valence-electron chi connectivity index (χ4n) is 3.20. The van der Waals surface area contributed by atoms with Gasteiger partial charge in [-0.05, 0) is 37.1 Å². The third kappa shape index (κ3) is 8.93. The number of piperazine rings is 1. The molecule has 1 saturated heterocycles. The number of nitrogens with zero attached hydrogens (tertiary/aromatic N) is 1. The Morgan fingerprint density at radius 2 is 1.80 bits per heavy atom. The molecule has 0 aromatic carbocycles. The minimum Gasteiger partial charge on any atom is -0.385 e. The van der Waals surface area contributed by atoms with Crippen LogP contribution in [0.25, 0.3) is 0 Å². The molecular formula is C17H36N2O. The molecule has 0 unspecified atom stereocenters. The van der Waals surface area contributed by atoms with Crippen molar-refractivity contribution in [2.45, 2.75) is 52.9 Å². The molecule has 120 valence electrons. The number of ether oxygens (including phenoxy) is 1. The highest BCUT2D eigenvalue weighted by atomic mass is 16.5. The molecule has 0 bridgehead atoms. The topological polar surface area (TPSA) is 24.5 Å². The van der Waals surface area contributed by atoms with Crippen LogP contribution in [0.5, 0.6) is 0 Å². The van der Waals surface area contributed by atoms with Gasteiger partial charge in [-0.15, -0.1) is 0 Å². The summed E-state index contributed by atoms with van der Waals surface area (Å²) in [6, 6.07) is 0. The zero-order chi connectivity index (χ0) is 14.8. The third-order valence-electron chi connectivity index (χ3n) is 4.18. The summed E-state index contributed by atoms with van der Waals surface area (Å²) < 4.78 is 5.27. The molecule has 0 aromatic heterocycles. The van der Waals surface area contributed by atoms with E-state index in [9.17, 15) is 0 Å². The van der Waals surface area contributed by atoms with Gasteiger partial charge >= 0.3 is 0 Å². The van der Waals surface area contributed by atoms with Gasteiger partial charge in [-0.1, -0.05) is 33.6 Å². The summed E-state index contributed by atoms with van der Waals surface area (Å²) in [4.78, 5) is 2.60. The van der Waals surface area contributed by atoms with Gasteiger partial charge in [-0.2, -0.15) is 0 Å². The molecule has 0 spiro atoms. The maximum absolute atomic E-state index is 5.27. The SMILES string of the molecule is COCC[C@H](CCCCN1CCNCC1)CC(C)(C)C. The number of methoxy groups -OCH3 is 1. The molecule has 0 aliphatic carbocycles. The molecule has 0 saturated carbocycles. The molecule has 1 aliphatic rings. The van der Waals surface area contributed by atoms with Gasteiger partial charge < -0.3 is 15.0 Å². The summed E-state index contributed by atoms with van der Waals surface area (Å²) in [5.41, 5.74) is 0.441. The lowest BCUT2D eigenvalue weighted by molar-refractivity contribution is 0.156. The van der Waals surface area contributed by atoms with Gasteiger partial charge in [0.1, 0.15) is 0 Å². The Balaban J connectivity index is 2.16. The van der Waals surface area contributed by atoms with Crippen molar-refractivity contribution in [2.75, 3.05) is 46.4 Å². The maximum Gasteiger partial charge on any atom is 0.0464 e. The Labute approximate surface area is 126 Å². The van der Waals surface area contributed by atoms with Crippen molar-refractivity contribution in [3.63, 3.8) is 0 Å². The molecule has 20 heavy (non-hydrogen) atoms. The molecule has 1 N–H and O–H groups in total. The van der Waals surface area contributed by atoms with Crippen LogP contribution in [-0.2, 0) is 4.74 Å². The molecule has 1 aliphatic heterocycles. The van der Waals surface area contributed by atoms with E-state index in [0.717, 1.165) is 12.5 Å². The van der Waals surface area contributed by atoms with Gasteiger partial charge in [0, 0.05) is 39.9 Å². The molecule has 1 fully saturated rings. The van der Waals surface area contributed by atoms with E-state index in [2.05, 4.69) is 31.0 Å². The van der Waals surface area contributed by atoms with E-state index >= 15 is 0 Å². The minimum absolute atomic E-state index is 0.441. The number of hydrogen-bond donors (Lipinski definition) is 1. The first-order valence-corrected chi connectivity index (χ1v) is 8.43. The Kier molecular flexibility index (Phi) is 8.74. The molecule has 3 heteroatoms. The number of nitrogens with one attached hydrogen (secondary N) is 1. The first-order valence-electron chi connectivity index (χ1n) is 8.43. The standard InChI is InChI=1S/C17H36N2O/c1-17(2,3)15-16(8-14-20-4)7-5-6-11-19-12-9-18-10-13-19/h16,18H,5-15H2,1-4H3/t16-/m0/s1. The van der Waals surface area contributed by atoms with E-state index in [1.807, 2.05) is 7.11 Å². The second-order valence-corrected chi connectivity index (χ2v) is 7.50. The van der Waals surface area contributed by atoms with Crippen molar-refractivity contribution in [2.24, 2.45) is 11.3 Å². The summed E-state index contributed by atoms with van der Waals surface area (Å²) in [7, 11) is 1.82. The van der Waals surface area contributed by atoms with Crippen LogP contribution in [-0.4, -0.2) is 51.3 Å². The van der Waals surface area contributed by atoms with E-state index in [1.54, 1.807) is 0 Å². The van der Waals surface area contributed by atoms with Crippen LogP contribution >= 0.6 is 0 Å². The molecule has 3 nitrogen and oxygen atoms in total. The van der Waals surface area contributed by atoms with E-state index in [1.165, 1.54) is 64.8 Å². The summed E-state index contributed by atoms with van der Waals surface area (Å²) in [6.45, 7) is 14.1. The van der Waals surface area contributed by atoms with Crippen molar-refractivity contribution in [1.82, 2.24) is 10.2 Å². The Bertz CT molecular complexity index is 232. The smallest absolute Gasteiger partial charge is 0.0464 e. The number of hydrogen-bond acceptors (Lipinski definition) is 3. The predicted octanol–water partition coefficient (Wildman–Crippen LogP) is 3.15. The first kappa shape index (κ1) is 17.9. The van der Waals surface area contributed by atoms with Crippen LogP contribution in [0.2, 0.25) is 0 Å². The lowest BCUT2D eigenvalue weighted by Crippen LogP contribution is -2.43. The van der Waals surface area contributed by atoms with Gasteiger partial charge in [-0.25, -0.2) is 0 Å². The first-order chi connectivity index (χ1) is 9.51. The molecule has 0 amide bonds. The molecule has 1 rings (SSSR count). The minimum atomic E-state index is 0.441. The maximum atomic E-state index is 5.27. The summed E-state index contributed by atoms with van der Waals surface area (Å²) >= 11 is 0. The second kappa shape index (κ2) is 9.75. The van der Waals surface area contributed by atoms with Gasteiger partial charge in [-0.3, -0.25) is 0 Å². The average molecular weight is 284 g/mol. The molecular weight excluding hydrogens is 248 g/mol. The highest BCUT2D eigenvalue weighted by Crippen LogP contribution is 2.29. The zero-order valence-electron chi connectivity index (χ0n) is 14.2. The van der Waals surface area contributed by atoms with E-state index < -0.39 is 0 Å². The summed E-state index contributed by atoms with van der Waals surface area (Å²) in [6.07, 6.45) is 6.64. The molecule has 0 radical (unpaired) electrons. The van der Waals surface area contributed by atoms with Crippen molar-refractivity contribution in [3.8, 4) is 0 Å². The lowest BCUT2D eigenvalue weighted by Gasteiger charge is -2.28. The van der Waals surface area contributed by atoms with Crippen LogP contribution in [0.4, 0.5) is 0 Å². The highest BCUT2D eigenvalue weighted by Gasteiger charge is 2.18. The number of rotatable bonds is 9. The summed E-state index contributed by atoms with van der Waals surface area (Å²) in [5.74, 6) is 0.831. The molecule has 1 atom stereocenters. The van der Waals surface area contributed by atoms with Crippen molar-refractivity contribution < 1.29 is 4.74 Å². The Hall–Kier alpha value is -0.120. The molecule has 1 heterocycles. The van der Waals surface area contributed by atoms with Crippen molar-refractivity contribution in [3.05, 3.63) is 0 Å². The van der Waals surface area contributed by atoms with Crippen LogP contribution in [0.1, 0.15) is 52.9 Å². The van der Waals surface area contributed by atoms with E-state index in [-0.39, 0.29) is 0 Å². The average Bonchev–Trinajstić information content (AvgIpc) is 2.40. The zero-order valence-corrected chi connectivity index (χ0v) is 14.2. The van der Waals surface area contributed by atoms with E-state index in [4.69, 9.17) is 4.74 Å². The fourth-order valence-corrected chi connectivity index (χ4v) is 3.20. The normalized spacial score (nSPS) is 19.2. The highest BCUT2D eigenvalue weighted by molar-refractivity contribution is 4.71. The van der Waals surface area contributed by atoms with Crippen LogP contribution in [0.3, 0.4) is 0 Å². The third-order valence-corrected chi connectivity index (χ3v) is 4.18. The largest absolute Gasteiger partial charge is 0.385 e. The number of unbranched alkanes of at least 4 members (excludes halogenated alkanes) is 1.